The molecule has 1 aliphatic carbocycles. The predicted molar refractivity (Wildman–Crippen MR) is 116 cm³/mol. The maximum absolute atomic E-state index is 12.7. The first-order valence-corrected chi connectivity index (χ1v) is 10.6. The molecule has 1 aliphatic heterocycles. The summed E-state index contributed by atoms with van der Waals surface area (Å²) < 4.78 is 5.28. The van der Waals surface area contributed by atoms with Crippen LogP contribution in [0.3, 0.4) is 0 Å². The van der Waals surface area contributed by atoms with Crippen LogP contribution in [0, 0.1) is 17.8 Å². The van der Waals surface area contributed by atoms with Gasteiger partial charge in [0.2, 0.25) is 5.91 Å². The van der Waals surface area contributed by atoms with Crippen LogP contribution < -0.4 is 15.4 Å². The molecular formula is C24H29N3O3. The Kier molecular flexibility index (Phi) is 5.93. The Morgan fingerprint density at radius 1 is 1.13 bits per heavy atom. The number of methoxy groups -OCH3 is 1. The fraction of sp³-hybridized carbons (Fsp3) is 0.417. The predicted octanol–water partition coefficient (Wildman–Crippen LogP) is 3.89. The molecule has 2 fully saturated rings. The zero-order chi connectivity index (χ0) is 21.1. The number of urea groups is 1. The fourth-order valence-corrected chi connectivity index (χ4v) is 5.05. The van der Waals surface area contributed by atoms with Gasteiger partial charge < -0.3 is 20.3 Å². The van der Waals surface area contributed by atoms with Gasteiger partial charge in [0.1, 0.15) is 5.75 Å². The Hall–Kier alpha value is -3.02. The lowest BCUT2D eigenvalue weighted by molar-refractivity contribution is -0.129. The van der Waals surface area contributed by atoms with Crippen molar-refractivity contribution in [3.63, 3.8) is 0 Å². The van der Waals surface area contributed by atoms with Gasteiger partial charge >= 0.3 is 6.03 Å². The minimum absolute atomic E-state index is 0.226. The van der Waals surface area contributed by atoms with Crippen molar-refractivity contribution in [3.8, 4) is 5.75 Å². The number of benzene rings is 2. The third-order valence-electron chi connectivity index (χ3n) is 6.57. The highest BCUT2D eigenvalue weighted by atomic mass is 16.5. The summed E-state index contributed by atoms with van der Waals surface area (Å²) in [7, 11) is 1.58. The Balaban J connectivity index is 1.36. The van der Waals surface area contributed by atoms with Crippen LogP contribution in [-0.2, 0) is 11.3 Å². The first-order chi connectivity index (χ1) is 14.6. The van der Waals surface area contributed by atoms with Crippen LogP contribution in [0.25, 0.3) is 0 Å². The monoisotopic (exact) mass is 407 g/mol. The van der Waals surface area contributed by atoms with E-state index < -0.39 is 0 Å². The maximum atomic E-state index is 12.7. The van der Waals surface area contributed by atoms with Gasteiger partial charge in [0.25, 0.3) is 0 Å². The lowest BCUT2D eigenvalue weighted by atomic mass is 9.88. The second-order valence-electron chi connectivity index (χ2n) is 8.35. The van der Waals surface area contributed by atoms with Gasteiger partial charge in [-0.25, -0.2) is 4.79 Å². The number of nitrogens with zero attached hydrogens (tertiary/aromatic N) is 1. The molecular weight excluding hydrogens is 378 g/mol. The van der Waals surface area contributed by atoms with E-state index in [0.29, 0.717) is 48.7 Å². The van der Waals surface area contributed by atoms with Gasteiger partial charge in [-0.2, -0.15) is 0 Å². The van der Waals surface area contributed by atoms with Crippen LogP contribution in [0.2, 0.25) is 0 Å². The van der Waals surface area contributed by atoms with Gasteiger partial charge in [0, 0.05) is 25.6 Å². The van der Waals surface area contributed by atoms with E-state index in [1.165, 1.54) is 0 Å². The number of rotatable bonds is 6. The number of carbonyl (C=O) groups excluding carboxylic acids is 2. The average Bonchev–Trinajstić information content (AvgIpc) is 3.21. The van der Waals surface area contributed by atoms with Gasteiger partial charge in [-0.15, -0.1) is 0 Å². The SMILES string of the molecule is COc1ccccc1NC(=O)NC[C@H]1[C@@H]2CC(=O)N(Cc3ccccc3)[C@@H]2C[C@@H]1C. The Morgan fingerprint density at radius 2 is 1.87 bits per heavy atom. The topological polar surface area (TPSA) is 70.7 Å². The number of hydrogen-bond acceptors (Lipinski definition) is 3. The molecule has 2 aromatic rings. The molecule has 0 bridgehead atoms. The Morgan fingerprint density at radius 3 is 2.63 bits per heavy atom. The van der Waals surface area contributed by atoms with Crippen LogP contribution in [0.15, 0.2) is 54.6 Å². The number of likely N-dealkylation sites (tertiary alicyclic amines) is 1. The average molecular weight is 408 g/mol. The lowest BCUT2D eigenvalue weighted by Crippen LogP contribution is -2.36. The second kappa shape index (κ2) is 8.78. The summed E-state index contributed by atoms with van der Waals surface area (Å²) in [6, 6.07) is 17.5. The summed E-state index contributed by atoms with van der Waals surface area (Å²) in [6.07, 6.45) is 1.56. The van der Waals surface area contributed by atoms with Crippen molar-refractivity contribution in [1.82, 2.24) is 10.2 Å². The molecule has 30 heavy (non-hydrogen) atoms. The van der Waals surface area contributed by atoms with E-state index in [1.807, 2.05) is 47.4 Å². The van der Waals surface area contributed by atoms with E-state index in [9.17, 15) is 9.59 Å². The number of para-hydroxylation sites is 2. The van der Waals surface area contributed by atoms with Crippen LogP contribution in [0.5, 0.6) is 5.75 Å². The molecule has 0 unspecified atom stereocenters. The summed E-state index contributed by atoms with van der Waals surface area (Å²) in [5.41, 5.74) is 1.80. The highest BCUT2D eigenvalue weighted by Crippen LogP contribution is 2.46. The Labute approximate surface area is 177 Å². The first-order valence-electron chi connectivity index (χ1n) is 10.6. The van der Waals surface area contributed by atoms with E-state index in [1.54, 1.807) is 7.11 Å². The van der Waals surface area contributed by atoms with E-state index in [-0.39, 0.29) is 18.0 Å². The largest absolute Gasteiger partial charge is 0.495 e. The van der Waals surface area contributed by atoms with E-state index >= 15 is 0 Å². The minimum atomic E-state index is -0.249. The summed E-state index contributed by atoms with van der Waals surface area (Å²) >= 11 is 0. The molecule has 2 aliphatic rings. The van der Waals surface area contributed by atoms with Crippen molar-refractivity contribution < 1.29 is 14.3 Å². The number of ether oxygens (including phenoxy) is 1. The maximum Gasteiger partial charge on any atom is 0.319 e. The molecule has 158 valence electrons. The molecule has 4 atom stereocenters. The third-order valence-corrected chi connectivity index (χ3v) is 6.57. The van der Waals surface area contributed by atoms with Crippen molar-refractivity contribution in [2.75, 3.05) is 19.0 Å². The zero-order valence-electron chi connectivity index (χ0n) is 17.5. The molecule has 1 saturated carbocycles. The fourth-order valence-electron chi connectivity index (χ4n) is 5.05. The third kappa shape index (κ3) is 4.13. The summed E-state index contributed by atoms with van der Waals surface area (Å²) in [5, 5.41) is 5.87. The van der Waals surface area contributed by atoms with Crippen LogP contribution in [0.4, 0.5) is 10.5 Å². The van der Waals surface area contributed by atoms with Crippen molar-refractivity contribution in [3.05, 3.63) is 60.2 Å². The number of nitrogens with one attached hydrogen (secondary N) is 2. The molecule has 0 aromatic heterocycles. The number of anilines is 1. The van der Waals surface area contributed by atoms with E-state index in [4.69, 9.17) is 4.74 Å². The number of carbonyl (C=O) groups is 2. The molecule has 6 nitrogen and oxygen atoms in total. The van der Waals surface area contributed by atoms with Gasteiger partial charge in [-0.3, -0.25) is 4.79 Å². The molecule has 1 saturated heterocycles. The van der Waals surface area contributed by atoms with E-state index in [0.717, 1.165) is 12.0 Å². The first kappa shape index (κ1) is 20.3. The highest BCUT2D eigenvalue weighted by Gasteiger charge is 2.50. The quantitative estimate of drug-likeness (QED) is 0.763. The van der Waals surface area contributed by atoms with Crippen molar-refractivity contribution in [1.29, 1.82) is 0 Å². The lowest BCUT2D eigenvalue weighted by Gasteiger charge is -2.24. The molecule has 4 rings (SSSR count). The summed E-state index contributed by atoms with van der Waals surface area (Å²) in [4.78, 5) is 27.2. The van der Waals surface area contributed by atoms with Crippen molar-refractivity contribution in [2.45, 2.75) is 32.4 Å². The highest BCUT2D eigenvalue weighted by molar-refractivity contribution is 5.90. The summed E-state index contributed by atoms with van der Waals surface area (Å²) in [6.45, 7) is 3.46. The number of amides is 3. The number of fused-ring (bicyclic) bond motifs is 1. The van der Waals surface area contributed by atoms with Gasteiger partial charge in [-0.1, -0.05) is 49.4 Å². The Bertz CT molecular complexity index is 902. The molecule has 2 N–H and O–H groups in total. The number of hydrogen-bond donors (Lipinski definition) is 2. The normalized spacial score (nSPS) is 25.1. The van der Waals surface area contributed by atoms with Crippen molar-refractivity contribution in [2.24, 2.45) is 17.8 Å². The molecule has 0 spiro atoms. The molecule has 6 heteroatoms. The molecule has 1 heterocycles. The standard InChI is InChI=1S/C24H29N3O3/c1-16-12-21-18(13-23(28)27(21)15-17-8-4-3-5-9-17)19(16)14-25-24(29)26-20-10-6-7-11-22(20)30-2/h3-11,16,18-19,21H,12-15H2,1-2H3,(H2,25,26,29)/t16-,18-,19+,21+/m0/s1. The van der Waals surface area contributed by atoms with Crippen LogP contribution >= 0.6 is 0 Å². The minimum Gasteiger partial charge on any atom is -0.495 e. The van der Waals surface area contributed by atoms with E-state index in [2.05, 4.69) is 29.7 Å². The molecule has 2 aromatic carbocycles. The molecule has 0 radical (unpaired) electrons. The summed E-state index contributed by atoms with van der Waals surface area (Å²) in [5.74, 6) is 1.90. The van der Waals surface area contributed by atoms with Crippen molar-refractivity contribution >= 4 is 17.6 Å². The van der Waals surface area contributed by atoms with Crippen LogP contribution in [-0.4, -0.2) is 36.5 Å². The van der Waals surface area contributed by atoms with Gasteiger partial charge in [0.05, 0.1) is 12.8 Å². The van der Waals surface area contributed by atoms with Gasteiger partial charge in [0.15, 0.2) is 0 Å². The van der Waals surface area contributed by atoms with Crippen LogP contribution in [0.1, 0.15) is 25.3 Å². The second-order valence-corrected chi connectivity index (χ2v) is 8.35. The zero-order valence-corrected chi connectivity index (χ0v) is 17.5. The van der Waals surface area contributed by atoms with Gasteiger partial charge in [-0.05, 0) is 41.9 Å². The smallest absolute Gasteiger partial charge is 0.319 e. The molecule has 3 amide bonds.